The van der Waals surface area contributed by atoms with Crippen molar-refractivity contribution in [1.29, 1.82) is 0 Å². The van der Waals surface area contributed by atoms with Crippen molar-refractivity contribution >= 4 is 0 Å². The maximum atomic E-state index is 13.6. The van der Waals surface area contributed by atoms with Crippen LogP contribution in [0.1, 0.15) is 31.5 Å². The van der Waals surface area contributed by atoms with Crippen LogP contribution in [0.3, 0.4) is 0 Å². The summed E-state index contributed by atoms with van der Waals surface area (Å²) < 4.78 is 15.5. The van der Waals surface area contributed by atoms with Crippen LogP contribution in [0.2, 0.25) is 0 Å². The summed E-state index contributed by atoms with van der Waals surface area (Å²) >= 11 is 0. The third-order valence-corrected chi connectivity index (χ3v) is 3.37. The molecule has 3 nitrogen and oxygen atoms in total. The molecular weight excluding hydrogens is 253 g/mol. The van der Waals surface area contributed by atoms with E-state index in [0.29, 0.717) is 0 Å². The lowest BCUT2D eigenvalue weighted by atomic mass is 10.00. The Balaban J connectivity index is 2.37. The lowest BCUT2D eigenvalue weighted by molar-refractivity contribution is 0.625. The van der Waals surface area contributed by atoms with Crippen molar-refractivity contribution in [3.05, 3.63) is 41.5 Å². The zero-order valence-corrected chi connectivity index (χ0v) is 12.4. The number of rotatable bonds is 6. The largest absolute Gasteiger partial charge is 0.313 e. The zero-order chi connectivity index (χ0) is 14.5. The van der Waals surface area contributed by atoms with Crippen molar-refractivity contribution < 1.29 is 4.39 Å². The van der Waals surface area contributed by atoms with Crippen LogP contribution in [-0.2, 0) is 13.1 Å². The summed E-state index contributed by atoms with van der Waals surface area (Å²) in [5.74, 6) is -0.206. The van der Waals surface area contributed by atoms with Gasteiger partial charge in [0.05, 0.1) is 5.69 Å². The fourth-order valence-electron chi connectivity index (χ4n) is 2.30. The van der Waals surface area contributed by atoms with Crippen LogP contribution in [0.25, 0.3) is 11.1 Å². The summed E-state index contributed by atoms with van der Waals surface area (Å²) in [7, 11) is 0. The lowest BCUT2D eigenvalue weighted by Crippen LogP contribution is -2.14. The van der Waals surface area contributed by atoms with Gasteiger partial charge in [0.1, 0.15) is 5.82 Å². The Hall–Kier alpha value is -1.68. The van der Waals surface area contributed by atoms with Gasteiger partial charge in [0.2, 0.25) is 0 Å². The minimum Gasteiger partial charge on any atom is -0.313 e. The van der Waals surface area contributed by atoms with Gasteiger partial charge in [0.15, 0.2) is 0 Å². The molecule has 20 heavy (non-hydrogen) atoms. The normalized spacial score (nSPS) is 11.0. The molecule has 0 saturated heterocycles. The first-order chi connectivity index (χ1) is 9.65. The third-order valence-electron chi connectivity index (χ3n) is 3.37. The smallest absolute Gasteiger partial charge is 0.123 e. The monoisotopic (exact) mass is 275 g/mol. The highest BCUT2D eigenvalue weighted by Crippen LogP contribution is 2.27. The molecule has 0 saturated carbocycles. The molecule has 0 fully saturated rings. The summed E-state index contributed by atoms with van der Waals surface area (Å²) in [6, 6.07) is 4.98. The average molecular weight is 275 g/mol. The second kappa shape index (κ2) is 6.66. The minimum atomic E-state index is -0.206. The van der Waals surface area contributed by atoms with Crippen LogP contribution in [0.15, 0.2) is 24.4 Å². The van der Waals surface area contributed by atoms with E-state index in [1.165, 1.54) is 6.07 Å². The van der Waals surface area contributed by atoms with Gasteiger partial charge in [-0.3, -0.25) is 4.68 Å². The number of aromatic nitrogens is 2. The number of hydrogen-bond acceptors (Lipinski definition) is 2. The van der Waals surface area contributed by atoms with Crippen molar-refractivity contribution in [1.82, 2.24) is 15.1 Å². The van der Waals surface area contributed by atoms with Crippen LogP contribution < -0.4 is 5.32 Å². The number of aryl methyl sites for hydroxylation is 2. The molecule has 0 aliphatic carbocycles. The van der Waals surface area contributed by atoms with E-state index in [1.807, 2.05) is 30.8 Å². The standard InChI is InChI=1S/C16H22FN3/c1-4-8-18-10-13-6-7-14(17)9-15(13)16-11-20(5-2)19-12(16)3/h6-7,9,11,18H,4-5,8,10H2,1-3H3. The predicted molar refractivity (Wildman–Crippen MR) is 80.0 cm³/mol. The van der Waals surface area contributed by atoms with E-state index in [-0.39, 0.29) is 5.82 Å². The Morgan fingerprint density at radius 2 is 2.05 bits per heavy atom. The van der Waals surface area contributed by atoms with Crippen LogP contribution in [0.5, 0.6) is 0 Å². The molecule has 1 aromatic carbocycles. The molecule has 0 spiro atoms. The van der Waals surface area contributed by atoms with Crippen molar-refractivity contribution in [3.8, 4) is 11.1 Å². The zero-order valence-electron chi connectivity index (χ0n) is 12.4. The number of benzene rings is 1. The van der Waals surface area contributed by atoms with Crippen LogP contribution >= 0.6 is 0 Å². The topological polar surface area (TPSA) is 29.9 Å². The van der Waals surface area contributed by atoms with E-state index in [1.54, 1.807) is 6.07 Å². The molecule has 0 amide bonds. The third kappa shape index (κ3) is 3.25. The van der Waals surface area contributed by atoms with Gasteiger partial charge >= 0.3 is 0 Å². The van der Waals surface area contributed by atoms with E-state index < -0.39 is 0 Å². The van der Waals surface area contributed by atoms with Crippen molar-refractivity contribution in [2.45, 2.75) is 40.3 Å². The molecule has 0 unspecified atom stereocenters. The minimum absolute atomic E-state index is 0.206. The Kier molecular flexibility index (Phi) is 4.90. The highest BCUT2D eigenvalue weighted by Gasteiger charge is 2.12. The SMILES string of the molecule is CCCNCc1ccc(F)cc1-c1cn(CC)nc1C. The number of hydrogen-bond donors (Lipinski definition) is 1. The average Bonchev–Trinajstić information content (AvgIpc) is 2.82. The summed E-state index contributed by atoms with van der Waals surface area (Å²) in [6.07, 6.45) is 3.08. The van der Waals surface area contributed by atoms with Crippen LogP contribution in [0, 0.1) is 12.7 Å². The highest BCUT2D eigenvalue weighted by molar-refractivity contribution is 5.69. The molecule has 1 heterocycles. The van der Waals surface area contributed by atoms with Gasteiger partial charge in [0.25, 0.3) is 0 Å². The molecule has 4 heteroatoms. The fourth-order valence-corrected chi connectivity index (χ4v) is 2.30. The molecule has 0 aliphatic heterocycles. The van der Waals surface area contributed by atoms with Crippen LogP contribution in [-0.4, -0.2) is 16.3 Å². The van der Waals surface area contributed by atoms with E-state index in [4.69, 9.17) is 0 Å². The maximum Gasteiger partial charge on any atom is 0.123 e. The molecular formula is C16H22FN3. The first-order valence-electron chi connectivity index (χ1n) is 7.19. The molecule has 1 N–H and O–H groups in total. The summed E-state index contributed by atoms with van der Waals surface area (Å²) in [4.78, 5) is 0. The highest BCUT2D eigenvalue weighted by atomic mass is 19.1. The van der Waals surface area contributed by atoms with Gasteiger partial charge in [-0.1, -0.05) is 13.0 Å². The lowest BCUT2D eigenvalue weighted by Gasteiger charge is -2.10. The quantitative estimate of drug-likeness (QED) is 0.817. The van der Waals surface area contributed by atoms with Crippen molar-refractivity contribution in [2.24, 2.45) is 0 Å². The van der Waals surface area contributed by atoms with Gasteiger partial charge in [-0.05, 0) is 50.1 Å². The Morgan fingerprint density at radius 3 is 2.70 bits per heavy atom. The molecule has 0 atom stereocenters. The molecule has 2 aromatic rings. The number of nitrogens with zero attached hydrogens (tertiary/aromatic N) is 2. The summed E-state index contributed by atoms with van der Waals surface area (Å²) in [6.45, 7) is 8.68. The molecule has 0 aliphatic rings. The molecule has 108 valence electrons. The van der Waals surface area contributed by atoms with Crippen molar-refractivity contribution in [3.63, 3.8) is 0 Å². The van der Waals surface area contributed by atoms with E-state index in [0.717, 1.165) is 48.4 Å². The van der Waals surface area contributed by atoms with Gasteiger partial charge in [-0.25, -0.2) is 4.39 Å². The summed E-state index contributed by atoms with van der Waals surface area (Å²) in [5.41, 5.74) is 4.00. The molecule has 2 rings (SSSR count). The predicted octanol–water partition coefficient (Wildman–Crippen LogP) is 3.52. The molecule has 0 bridgehead atoms. The van der Waals surface area contributed by atoms with E-state index in [9.17, 15) is 4.39 Å². The Labute approximate surface area is 119 Å². The van der Waals surface area contributed by atoms with Crippen LogP contribution in [0.4, 0.5) is 4.39 Å². The fraction of sp³-hybridized carbons (Fsp3) is 0.438. The number of nitrogens with one attached hydrogen (secondary N) is 1. The first kappa shape index (κ1) is 14.7. The Bertz CT molecular complexity index is 575. The molecule has 1 aromatic heterocycles. The second-order valence-electron chi connectivity index (χ2n) is 4.96. The van der Waals surface area contributed by atoms with Gasteiger partial charge < -0.3 is 5.32 Å². The van der Waals surface area contributed by atoms with Gasteiger partial charge in [-0.15, -0.1) is 0 Å². The Morgan fingerprint density at radius 1 is 1.25 bits per heavy atom. The van der Waals surface area contributed by atoms with Crippen molar-refractivity contribution in [2.75, 3.05) is 6.54 Å². The molecule has 0 radical (unpaired) electrons. The number of halogens is 1. The summed E-state index contributed by atoms with van der Waals surface area (Å²) in [5, 5.41) is 7.82. The van der Waals surface area contributed by atoms with E-state index in [2.05, 4.69) is 17.3 Å². The maximum absolute atomic E-state index is 13.6. The van der Waals surface area contributed by atoms with E-state index >= 15 is 0 Å². The van der Waals surface area contributed by atoms with Gasteiger partial charge in [-0.2, -0.15) is 5.10 Å². The second-order valence-corrected chi connectivity index (χ2v) is 4.96. The first-order valence-corrected chi connectivity index (χ1v) is 7.19. The van der Waals surface area contributed by atoms with Gasteiger partial charge in [0, 0.05) is 24.8 Å².